The Bertz CT molecular complexity index is 985. The topological polar surface area (TPSA) is 79.3 Å². The molecule has 164 valence electrons. The number of carbonyl (C=O) groups excluding carboxylic acids is 2. The lowest BCUT2D eigenvalue weighted by atomic mass is 9.94. The molecule has 0 spiro atoms. The Morgan fingerprint density at radius 3 is 2.35 bits per heavy atom. The van der Waals surface area contributed by atoms with Gasteiger partial charge in [-0.25, -0.2) is 0 Å². The van der Waals surface area contributed by atoms with E-state index in [0.717, 1.165) is 6.54 Å². The highest BCUT2D eigenvalue weighted by molar-refractivity contribution is 6.46. The molecule has 1 aliphatic rings. The number of nitrogens with zero attached hydrogens (tertiary/aromatic N) is 2. The van der Waals surface area contributed by atoms with E-state index in [1.807, 2.05) is 25.1 Å². The Kier molecular flexibility index (Phi) is 6.97. The third-order valence-corrected chi connectivity index (χ3v) is 5.32. The number of benzene rings is 2. The average molecular weight is 424 g/mol. The lowest BCUT2D eigenvalue weighted by molar-refractivity contribution is -0.140. The maximum absolute atomic E-state index is 13.1. The van der Waals surface area contributed by atoms with Gasteiger partial charge in [-0.2, -0.15) is 0 Å². The van der Waals surface area contributed by atoms with Crippen LogP contribution >= 0.6 is 0 Å². The highest BCUT2D eigenvalue weighted by atomic mass is 16.5. The van der Waals surface area contributed by atoms with E-state index in [1.54, 1.807) is 42.5 Å². The van der Waals surface area contributed by atoms with E-state index in [1.165, 1.54) is 19.1 Å². The third kappa shape index (κ3) is 4.41. The summed E-state index contributed by atoms with van der Waals surface area (Å²) in [5.74, 6) is -0.636. The Morgan fingerprint density at radius 2 is 1.74 bits per heavy atom. The van der Waals surface area contributed by atoms with Crippen molar-refractivity contribution in [3.63, 3.8) is 0 Å². The van der Waals surface area contributed by atoms with Gasteiger partial charge in [-0.05, 0) is 33.1 Å². The van der Waals surface area contributed by atoms with Crippen molar-refractivity contribution >= 4 is 17.4 Å². The van der Waals surface area contributed by atoms with Crippen molar-refractivity contribution in [2.75, 3.05) is 41.4 Å². The van der Waals surface area contributed by atoms with E-state index in [4.69, 9.17) is 9.47 Å². The van der Waals surface area contributed by atoms with Gasteiger partial charge in [-0.15, -0.1) is 0 Å². The van der Waals surface area contributed by atoms with Gasteiger partial charge >= 0.3 is 0 Å². The second-order valence-corrected chi connectivity index (χ2v) is 7.60. The van der Waals surface area contributed by atoms with Gasteiger partial charge in [0.2, 0.25) is 0 Å². The highest BCUT2D eigenvalue weighted by Gasteiger charge is 2.47. The summed E-state index contributed by atoms with van der Waals surface area (Å²) in [5, 5.41) is 11.1. The first-order chi connectivity index (χ1) is 14.9. The van der Waals surface area contributed by atoms with Crippen LogP contribution in [0.4, 0.5) is 0 Å². The molecule has 0 aliphatic carbocycles. The average Bonchev–Trinajstić information content (AvgIpc) is 3.03. The van der Waals surface area contributed by atoms with Crippen molar-refractivity contribution < 1.29 is 24.2 Å². The molecule has 1 saturated heterocycles. The summed E-state index contributed by atoms with van der Waals surface area (Å²) in [6.07, 6.45) is 0.675. The van der Waals surface area contributed by atoms with Crippen LogP contribution in [0.15, 0.2) is 54.1 Å². The number of aliphatic hydroxyl groups is 1. The van der Waals surface area contributed by atoms with Crippen LogP contribution in [0.5, 0.6) is 11.5 Å². The fourth-order valence-electron chi connectivity index (χ4n) is 3.87. The molecule has 1 amide bonds. The normalized spacial score (nSPS) is 18.0. The molecule has 7 heteroatoms. The van der Waals surface area contributed by atoms with E-state index >= 15 is 0 Å². The molecule has 0 bridgehead atoms. The number of rotatable bonds is 8. The molecule has 0 radical (unpaired) electrons. The Labute approximate surface area is 182 Å². The summed E-state index contributed by atoms with van der Waals surface area (Å²) in [6.45, 7) is 1.11. The number of aliphatic hydroxyl groups excluding tert-OH is 1. The zero-order valence-electron chi connectivity index (χ0n) is 18.3. The molecule has 7 nitrogen and oxygen atoms in total. The number of likely N-dealkylation sites (tertiary alicyclic amines) is 1. The summed E-state index contributed by atoms with van der Waals surface area (Å²) >= 11 is 0. The van der Waals surface area contributed by atoms with E-state index in [0.29, 0.717) is 35.6 Å². The van der Waals surface area contributed by atoms with Crippen LogP contribution in [0, 0.1) is 0 Å². The number of carbonyl (C=O) groups is 2. The second kappa shape index (κ2) is 9.66. The van der Waals surface area contributed by atoms with Gasteiger partial charge in [0, 0.05) is 17.7 Å². The largest absolute Gasteiger partial charge is 0.507 e. The number of para-hydroxylation sites is 1. The molecular formula is C24H28N2O5. The Balaban J connectivity index is 2.18. The van der Waals surface area contributed by atoms with Crippen LogP contribution in [0.3, 0.4) is 0 Å². The van der Waals surface area contributed by atoms with E-state index in [-0.39, 0.29) is 11.3 Å². The highest BCUT2D eigenvalue weighted by Crippen LogP contribution is 2.45. The number of ketones is 1. The molecule has 0 aromatic heterocycles. The minimum absolute atomic E-state index is 0.0487. The first kappa shape index (κ1) is 22.4. The number of hydrogen-bond acceptors (Lipinski definition) is 6. The lowest BCUT2D eigenvalue weighted by Gasteiger charge is -2.27. The fraction of sp³-hybridized carbons (Fsp3) is 0.333. The minimum Gasteiger partial charge on any atom is -0.507 e. The maximum atomic E-state index is 13.1. The molecule has 31 heavy (non-hydrogen) atoms. The van der Waals surface area contributed by atoms with Crippen LogP contribution in [-0.4, -0.2) is 68.0 Å². The molecular weight excluding hydrogens is 396 g/mol. The summed E-state index contributed by atoms with van der Waals surface area (Å²) in [7, 11) is 6.94. The van der Waals surface area contributed by atoms with Crippen molar-refractivity contribution in [1.82, 2.24) is 9.80 Å². The molecule has 1 heterocycles. The molecule has 2 aromatic carbocycles. The lowest BCUT2D eigenvalue weighted by Crippen LogP contribution is -2.32. The number of methoxy groups -OCH3 is 2. The van der Waals surface area contributed by atoms with Crippen molar-refractivity contribution in [2.45, 2.75) is 12.5 Å². The van der Waals surface area contributed by atoms with Crippen molar-refractivity contribution in [3.8, 4) is 11.5 Å². The van der Waals surface area contributed by atoms with Gasteiger partial charge < -0.3 is 24.4 Å². The summed E-state index contributed by atoms with van der Waals surface area (Å²) in [6, 6.07) is 13.3. The maximum Gasteiger partial charge on any atom is 0.295 e. The minimum atomic E-state index is -0.785. The monoisotopic (exact) mass is 424 g/mol. The number of hydrogen-bond donors (Lipinski definition) is 1. The predicted octanol–water partition coefficient (Wildman–Crippen LogP) is 3.08. The third-order valence-electron chi connectivity index (χ3n) is 5.32. The first-order valence-electron chi connectivity index (χ1n) is 10.1. The SMILES string of the molecule is COc1cccc(C2/C(=C(\O)c3ccccc3)C(=O)C(=O)N2CCCN(C)C)c1OC. The van der Waals surface area contributed by atoms with Gasteiger partial charge in [0.05, 0.1) is 25.8 Å². The van der Waals surface area contributed by atoms with Gasteiger partial charge in [0.15, 0.2) is 11.5 Å². The smallest absolute Gasteiger partial charge is 0.295 e. The molecule has 2 aromatic rings. The van der Waals surface area contributed by atoms with E-state index in [2.05, 4.69) is 0 Å². The van der Waals surface area contributed by atoms with E-state index < -0.39 is 17.7 Å². The van der Waals surface area contributed by atoms with Crippen molar-refractivity contribution in [2.24, 2.45) is 0 Å². The molecule has 3 rings (SSSR count). The molecule has 1 aliphatic heterocycles. The van der Waals surface area contributed by atoms with Crippen molar-refractivity contribution in [1.29, 1.82) is 0 Å². The molecule has 1 unspecified atom stereocenters. The molecule has 0 saturated carbocycles. The number of amides is 1. The summed E-state index contributed by atoms with van der Waals surface area (Å²) in [4.78, 5) is 29.6. The number of ether oxygens (including phenoxy) is 2. The molecule has 1 fully saturated rings. The molecule has 1 atom stereocenters. The first-order valence-corrected chi connectivity index (χ1v) is 10.1. The van der Waals surface area contributed by atoms with E-state index in [9.17, 15) is 14.7 Å². The summed E-state index contributed by atoms with van der Waals surface area (Å²) < 4.78 is 11.0. The molecule has 1 N–H and O–H groups in total. The van der Waals surface area contributed by atoms with Gasteiger partial charge in [-0.3, -0.25) is 9.59 Å². The standard InChI is InChI=1S/C24H28N2O5/c1-25(2)14-9-15-26-20(17-12-8-13-18(30-3)23(17)31-4)19(22(28)24(26)29)21(27)16-10-6-5-7-11-16/h5-8,10-13,20,27H,9,14-15H2,1-4H3/b21-19+. The quantitative estimate of drug-likeness (QED) is 0.399. The Hall–Kier alpha value is -3.32. The zero-order chi connectivity index (χ0) is 22.5. The summed E-state index contributed by atoms with van der Waals surface area (Å²) in [5.41, 5.74) is 1.11. The van der Waals surface area contributed by atoms with Crippen LogP contribution in [0.2, 0.25) is 0 Å². The predicted molar refractivity (Wildman–Crippen MR) is 118 cm³/mol. The Morgan fingerprint density at radius 1 is 1.03 bits per heavy atom. The zero-order valence-corrected chi connectivity index (χ0v) is 18.3. The van der Waals surface area contributed by atoms with Gasteiger partial charge in [0.1, 0.15) is 5.76 Å². The van der Waals surface area contributed by atoms with Gasteiger partial charge in [0.25, 0.3) is 11.7 Å². The van der Waals surface area contributed by atoms with Crippen LogP contribution in [0.25, 0.3) is 5.76 Å². The fourth-order valence-corrected chi connectivity index (χ4v) is 3.87. The van der Waals surface area contributed by atoms with Crippen LogP contribution < -0.4 is 9.47 Å². The van der Waals surface area contributed by atoms with Crippen LogP contribution in [0.1, 0.15) is 23.6 Å². The number of Topliss-reactive ketones (excluding diaryl/α,β-unsaturated/α-hetero) is 1. The van der Waals surface area contributed by atoms with Crippen LogP contribution in [-0.2, 0) is 9.59 Å². The van der Waals surface area contributed by atoms with Gasteiger partial charge in [-0.1, -0.05) is 42.5 Å². The van der Waals surface area contributed by atoms with Crippen molar-refractivity contribution in [3.05, 3.63) is 65.2 Å². The second-order valence-electron chi connectivity index (χ2n) is 7.60.